The van der Waals surface area contributed by atoms with Gasteiger partial charge in [0.15, 0.2) is 0 Å². The summed E-state index contributed by atoms with van der Waals surface area (Å²) in [7, 11) is -3.52. The van der Waals surface area contributed by atoms with Crippen molar-refractivity contribution in [2.24, 2.45) is 0 Å². The first-order chi connectivity index (χ1) is 12.5. The van der Waals surface area contributed by atoms with Crippen LogP contribution in [0.25, 0.3) is 0 Å². The zero-order valence-corrected chi connectivity index (χ0v) is 15.4. The van der Waals surface area contributed by atoms with E-state index in [1.807, 2.05) is 6.92 Å². The van der Waals surface area contributed by atoms with Crippen LogP contribution in [0.2, 0.25) is 0 Å². The van der Waals surface area contributed by atoms with Crippen molar-refractivity contribution in [3.63, 3.8) is 0 Å². The fourth-order valence-electron chi connectivity index (χ4n) is 2.73. The number of aromatic nitrogens is 3. The first-order valence-electron chi connectivity index (χ1n) is 8.39. The number of piperazine rings is 1. The molecule has 1 aliphatic heterocycles. The van der Waals surface area contributed by atoms with Crippen LogP contribution in [0.3, 0.4) is 0 Å². The number of urea groups is 1. The number of nitrogens with zero attached hydrogens (tertiary/aromatic N) is 5. The molecule has 3 rings (SSSR count). The molecule has 0 unspecified atom stereocenters. The molecule has 0 bridgehead atoms. The number of aryl methyl sites for hydroxylation is 1. The number of carbonyl (C=O) groups excluding carboxylic acids is 1. The van der Waals surface area contributed by atoms with Gasteiger partial charge in [-0.15, -0.1) is 0 Å². The molecule has 1 aliphatic rings. The zero-order chi connectivity index (χ0) is 18.6. The molecule has 10 heteroatoms. The number of hydrogen-bond acceptors (Lipinski definition) is 5. The molecule has 1 aromatic carbocycles. The Morgan fingerprint density at radius 1 is 1.15 bits per heavy atom. The fourth-order valence-corrected chi connectivity index (χ4v) is 4.15. The summed E-state index contributed by atoms with van der Waals surface area (Å²) in [6.07, 6.45) is 3.02. The molecule has 9 nitrogen and oxygen atoms in total. The highest BCUT2D eigenvalue weighted by Crippen LogP contribution is 2.18. The second kappa shape index (κ2) is 7.83. The minimum atomic E-state index is -3.52. The molecule has 2 heterocycles. The van der Waals surface area contributed by atoms with Crippen LogP contribution in [-0.4, -0.2) is 71.1 Å². The van der Waals surface area contributed by atoms with E-state index in [-0.39, 0.29) is 24.0 Å². The van der Waals surface area contributed by atoms with Crippen molar-refractivity contribution in [2.45, 2.75) is 18.4 Å². The van der Waals surface area contributed by atoms with Crippen molar-refractivity contribution in [3.8, 4) is 0 Å². The molecule has 0 aliphatic carbocycles. The van der Waals surface area contributed by atoms with Crippen LogP contribution in [0.1, 0.15) is 5.56 Å². The van der Waals surface area contributed by atoms with Crippen molar-refractivity contribution in [3.05, 3.63) is 42.5 Å². The Balaban J connectivity index is 1.50. The Bertz CT molecular complexity index is 827. The lowest BCUT2D eigenvalue weighted by Crippen LogP contribution is -2.53. The van der Waals surface area contributed by atoms with E-state index in [1.165, 1.54) is 10.6 Å². The van der Waals surface area contributed by atoms with Gasteiger partial charge in [-0.1, -0.05) is 17.7 Å². The van der Waals surface area contributed by atoms with E-state index in [9.17, 15) is 13.2 Å². The first-order valence-corrected chi connectivity index (χ1v) is 9.83. The first kappa shape index (κ1) is 18.3. The summed E-state index contributed by atoms with van der Waals surface area (Å²) >= 11 is 0. The number of carbonyl (C=O) groups is 1. The number of rotatable bonds is 5. The third-order valence-corrected chi connectivity index (χ3v) is 6.18. The van der Waals surface area contributed by atoms with Crippen LogP contribution < -0.4 is 5.32 Å². The molecule has 2 amide bonds. The van der Waals surface area contributed by atoms with E-state index >= 15 is 0 Å². The summed E-state index contributed by atoms with van der Waals surface area (Å²) in [6, 6.07) is 6.61. The Kier molecular flexibility index (Phi) is 5.52. The van der Waals surface area contributed by atoms with E-state index < -0.39 is 10.0 Å². The van der Waals surface area contributed by atoms with Gasteiger partial charge in [0.05, 0.1) is 11.4 Å². The third kappa shape index (κ3) is 4.20. The Morgan fingerprint density at radius 3 is 2.46 bits per heavy atom. The summed E-state index contributed by atoms with van der Waals surface area (Å²) in [6.45, 7) is 4.17. The highest BCUT2D eigenvalue weighted by atomic mass is 32.2. The fraction of sp³-hybridized carbons (Fsp3) is 0.438. The molecule has 1 fully saturated rings. The van der Waals surface area contributed by atoms with Gasteiger partial charge in [0.2, 0.25) is 10.0 Å². The van der Waals surface area contributed by atoms with Gasteiger partial charge >= 0.3 is 6.03 Å². The molecular formula is C16H22N6O3S. The van der Waals surface area contributed by atoms with Crippen LogP contribution in [0, 0.1) is 6.92 Å². The average Bonchev–Trinajstić information content (AvgIpc) is 3.15. The Hall–Kier alpha value is -2.46. The maximum atomic E-state index is 12.7. The predicted octanol–water partition coefficient (Wildman–Crippen LogP) is 0.303. The highest BCUT2D eigenvalue weighted by molar-refractivity contribution is 7.89. The topological polar surface area (TPSA) is 100 Å². The van der Waals surface area contributed by atoms with Gasteiger partial charge in [-0.3, -0.25) is 4.68 Å². The normalized spacial score (nSPS) is 15.8. The monoisotopic (exact) mass is 378 g/mol. The van der Waals surface area contributed by atoms with Gasteiger partial charge in [-0.2, -0.15) is 9.40 Å². The van der Waals surface area contributed by atoms with Crippen LogP contribution in [0.4, 0.5) is 4.79 Å². The van der Waals surface area contributed by atoms with E-state index in [4.69, 9.17) is 0 Å². The van der Waals surface area contributed by atoms with Crippen LogP contribution in [0.5, 0.6) is 0 Å². The van der Waals surface area contributed by atoms with Crippen LogP contribution in [-0.2, 0) is 16.6 Å². The van der Waals surface area contributed by atoms with Crippen molar-refractivity contribution < 1.29 is 13.2 Å². The lowest BCUT2D eigenvalue weighted by molar-refractivity contribution is 0.172. The molecule has 1 N–H and O–H groups in total. The molecule has 1 saturated heterocycles. The largest absolute Gasteiger partial charge is 0.336 e. The van der Waals surface area contributed by atoms with Crippen molar-refractivity contribution in [1.82, 2.24) is 29.3 Å². The summed E-state index contributed by atoms with van der Waals surface area (Å²) < 4.78 is 28.4. The van der Waals surface area contributed by atoms with Gasteiger partial charge < -0.3 is 10.2 Å². The zero-order valence-electron chi connectivity index (χ0n) is 14.6. The van der Waals surface area contributed by atoms with Crippen molar-refractivity contribution in [1.29, 1.82) is 0 Å². The van der Waals surface area contributed by atoms with Gasteiger partial charge in [-0.25, -0.2) is 18.2 Å². The van der Waals surface area contributed by atoms with Crippen LogP contribution >= 0.6 is 0 Å². The molecule has 2 aromatic rings. The summed E-state index contributed by atoms with van der Waals surface area (Å²) in [5.74, 6) is 0. The minimum Gasteiger partial charge on any atom is -0.336 e. The Morgan fingerprint density at radius 2 is 1.85 bits per heavy atom. The molecule has 1 aromatic heterocycles. The van der Waals surface area contributed by atoms with E-state index in [0.717, 1.165) is 5.56 Å². The van der Waals surface area contributed by atoms with Gasteiger partial charge in [0, 0.05) is 32.7 Å². The van der Waals surface area contributed by atoms with Crippen molar-refractivity contribution >= 4 is 16.1 Å². The lowest BCUT2D eigenvalue weighted by atomic mass is 10.2. The van der Waals surface area contributed by atoms with Crippen LogP contribution in [0.15, 0.2) is 41.8 Å². The molecule has 0 saturated carbocycles. The van der Waals surface area contributed by atoms with Gasteiger partial charge in [0.1, 0.15) is 12.7 Å². The standard InChI is InChI=1S/C16H22N6O3S/c1-14-2-4-15(5-3-14)26(24,25)22-10-8-20(9-11-22)16(23)18-6-7-21-13-17-12-19-21/h2-5,12-13H,6-11H2,1H3,(H,18,23). The molecular weight excluding hydrogens is 356 g/mol. The van der Waals surface area contributed by atoms with Gasteiger partial charge in [-0.05, 0) is 19.1 Å². The van der Waals surface area contributed by atoms with E-state index in [1.54, 1.807) is 40.2 Å². The molecule has 26 heavy (non-hydrogen) atoms. The summed E-state index contributed by atoms with van der Waals surface area (Å²) in [5.41, 5.74) is 1.01. The predicted molar refractivity (Wildman–Crippen MR) is 94.9 cm³/mol. The maximum absolute atomic E-state index is 12.7. The second-order valence-corrected chi connectivity index (χ2v) is 8.03. The minimum absolute atomic E-state index is 0.197. The number of benzene rings is 1. The molecule has 0 spiro atoms. The number of sulfonamides is 1. The maximum Gasteiger partial charge on any atom is 0.317 e. The highest BCUT2D eigenvalue weighted by Gasteiger charge is 2.29. The SMILES string of the molecule is Cc1ccc(S(=O)(=O)N2CCN(C(=O)NCCn3cncn3)CC2)cc1. The average molecular weight is 378 g/mol. The molecule has 0 radical (unpaired) electrons. The summed E-state index contributed by atoms with van der Waals surface area (Å²) in [5, 5.41) is 6.78. The van der Waals surface area contributed by atoms with Gasteiger partial charge in [0.25, 0.3) is 0 Å². The second-order valence-electron chi connectivity index (χ2n) is 6.09. The number of hydrogen-bond donors (Lipinski definition) is 1. The Labute approximate surface area is 152 Å². The number of amides is 2. The number of nitrogens with one attached hydrogen (secondary N) is 1. The summed E-state index contributed by atoms with van der Waals surface area (Å²) in [4.78, 5) is 17.9. The molecule has 140 valence electrons. The van der Waals surface area contributed by atoms with E-state index in [0.29, 0.717) is 26.2 Å². The smallest absolute Gasteiger partial charge is 0.317 e. The van der Waals surface area contributed by atoms with E-state index in [2.05, 4.69) is 15.4 Å². The third-order valence-electron chi connectivity index (χ3n) is 4.27. The lowest BCUT2D eigenvalue weighted by Gasteiger charge is -2.34. The molecule has 0 atom stereocenters. The quantitative estimate of drug-likeness (QED) is 0.807. The van der Waals surface area contributed by atoms with Crippen molar-refractivity contribution in [2.75, 3.05) is 32.7 Å².